The largest absolute Gasteiger partial charge is 0.463 e. The number of methoxy groups -OCH3 is 1. The van der Waals surface area contributed by atoms with E-state index < -0.39 is 11.8 Å². The predicted octanol–water partition coefficient (Wildman–Crippen LogP) is 3.33. The van der Waals surface area contributed by atoms with E-state index in [0.717, 1.165) is 11.1 Å². The lowest BCUT2D eigenvalue weighted by molar-refractivity contribution is -0.135. The van der Waals surface area contributed by atoms with Gasteiger partial charge in [-0.05, 0) is 29.3 Å². The molecule has 0 unspecified atom stereocenters. The standard InChI is InChI=1S/C17H12FNO3/c1-22-17(21)16(20)14-9-19-15-8-11(4-7-13(14)15)10-2-5-12(18)6-3-10/h2-9,19H,1H3. The van der Waals surface area contributed by atoms with Crippen LogP contribution >= 0.6 is 0 Å². The van der Waals surface area contributed by atoms with Crippen LogP contribution in [0.5, 0.6) is 0 Å². The van der Waals surface area contributed by atoms with E-state index in [0.29, 0.717) is 10.9 Å². The van der Waals surface area contributed by atoms with Crippen molar-refractivity contribution in [2.24, 2.45) is 0 Å². The van der Waals surface area contributed by atoms with Gasteiger partial charge in [0.05, 0.1) is 12.7 Å². The van der Waals surface area contributed by atoms with E-state index in [2.05, 4.69) is 9.72 Å². The fourth-order valence-electron chi connectivity index (χ4n) is 2.34. The molecule has 0 aliphatic heterocycles. The second-order valence-corrected chi connectivity index (χ2v) is 4.79. The number of hydrogen-bond acceptors (Lipinski definition) is 3. The van der Waals surface area contributed by atoms with Crippen molar-refractivity contribution >= 4 is 22.7 Å². The van der Waals surface area contributed by atoms with Crippen LogP contribution in [-0.2, 0) is 9.53 Å². The first kappa shape index (κ1) is 14.0. The number of esters is 1. The minimum atomic E-state index is -0.900. The Balaban J connectivity index is 2.04. The van der Waals surface area contributed by atoms with Crippen molar-refractivity contribution in [2.45, 2.75) is 0 Å². The van der Waals surface area contributed by atoms with Gasteiger partial charge in [-0.15, -0.1) is 0 Å². The summed E-state index contributed by atoms with van der Waals surface area (Å²) in [5.41, 5.74) is 2.73. The Morgan fingerprint density at radius 1 is 1.05 bits per heavy atom. The molecule has 3 rings (SSSR count). The number of nitrogens with one attached hydrogen (secondary N) is 1. The summed E-state index contributed by atoms with van der Waals surface area (Å²) in [6.45, 7) is 0. The fourth-order valence-corrected chi connectivity index (χ4v) is 2.34. The number of benzene rings is 2. The average molecular weight is 297 g/mol. The molecule has 0 amide bonds. The minimum absolute atomic E-state index is 0.271. The van der Waals surface area contributed by atoms with Crippen molar-refractivity contribution in [3.05, 3.63) is 60.0 Å². The summed E-state index contributed by atoms with van der Waals surface area (Å²) in [5, 5.41) is 0.640. The molecule has 0 spiro atoms. The van der Waals surface area contributed by atoms with Gasteiger partial charge < -0.3 is 9.72 Å². The van der Waals surface area contributed by atoms with E-state index in [1.54, 1.807) is 18.2 Å². The molecular formula is C17H12FNO3. The number of ketones is 1. The van der Waals surface area contributed by atoms with Crippen LogP contribution in [0.15, 0.2) is 48.7 Å². The lowest BCUT2D eigenvalue weighted by atomic mass is 10.0. The quantitative estimate of drug-likeness (QED) is 0.458. The van der Waals surface area contributed by atoms with Crippen LogP contribution in [0.1, 0.15) is 10.4 Å². The first-order chi connectivity index (χ1) is 10.6. The molecule has 3 aromatic rings. The van der Waals surface area contributed by atoms with Crippen LogP contribution in [0.2, 0.25) is 0 Å². The van der Waals surface area contributed by atoms with Crippen LogP contribution in [-0.4, -0.2) is 23.8 Å². The Labute approximate surface area is 125 Å². The first-order valence-electron chi connectivity index (χ1n) is 6.60. The van der Waals surface area contributed by atoms with Gasteiger partial charge in [-0.1, -0.05) is 24.3 Å². The van der Waals surface area contributed by atoms with Crippen LogP contribution in [0, 0.1) is 5.82 Å². The zero-order valence-corrected chi connectivity index (χ0v) is 11.7. The summed E-state index contributed by atoms with van der Waals surface area (Å²) in [5.74, 6) is -1.89. The van der Waals surface area contributed by atoms with E-state index in [4.69, 9.17) is 0 Å². The Kier molecular flexibility index (Phi) is 3.47. The van der Waals surface area contributed by atoms with Crippen molar-refractivity contribution in [1.29, 1.82) is 0 Å². The maximum absolute atomic E-state index is 13.0. The summed E-state index contributed by atoms with van der Waals surface area (Å²) in [6, 6.07) is 11.6. The van der Waals surface area contributed by atoms with E-state index >= 15 is 0 Å². The molecule has 0 saturated heterocycles. The van der Waals surface area contributed by atoms with E-state index in [-0.39, 0.29) is 11.4 Å². The molecule has 1 heterocycles. The molecule has 1 N–H and O–H groups in total. The minimum Gasteiger partial charge on any atom is -0.463 e. The number of carbonyl (C=O) groups excluding carboxylic acids is 2. The molecule has 0 radical (unpaired) electrons. The number of H-pyrrole nitrogens is 1. The van der Waals surface area contributed by atoms with Crippen molar-refractivity contribution in [2.75, 3.05) is 7.11 Å². The summed E-state index contributed by atoms with van der Waals surface area (Å²) in [4.78, 5) is 26.2. The molecule has 0 fully saturated rings. The summed E-state index contributed by atoms with van der Waals surface area (Å²) in [7, 11) is 1.17. The van der Waals surface area contributed by atoms with E-state index in [9.17, 15) is 14.0 Å². The van der Waals surface area contributed by atoms with Crippen LogP contribution in [0.3, 0.4) is 0 Å². The smallest absolute Gasteiger partial charge is 0.379 e. The maximum atomic E-state index is 13.0. The zero-order chi connectivity index (χ0) is 15.7. The van der Waals surface area contributed by atoms with Gasteiger partial charge in [-0.2, -0.15) is 0 Å². The predicted molar refractivity (Wildman–Crippen MR) is 80.0 cm³/mol. The van der Waals surface area contributed by atoms with Gasteiger partial charge in [0.25, 0.3) is 5.78 Å². The van der Waals surface area contributed by atoms with Gasteiger partial charge in [0, 0.05) is 17.1 Å². The third kappa shape index (κ3) is 2.37. The molecule has 2 aromatic carbocycles. The molecule has 1 aromatic heterocycles. The van der Waals surface area contributed by atoms with Gasteiger partial charge in [-0.25, -0.2) is 9.18 Å². The molecule has 4 nitrogen and oxygen atoms in total. The highest BCUT2D eigenvalue weighted by molar-refractivity contribution is 6.42. The Morgan fingerprint density at radius 2 is 1.73 bits per heavy atom. The number of Topliss-reactive ketones (excluding diaryl/α,β-unsaturated/α-hetero) is 1. The van der Waals surface area contributed by atoms with Gasteiger partial charge >= 0.3 is 5.97 Å². The maximum Gasteiger partial charge on any atom is 0.379 e. The SMILES string of the molecule is COC(=O)C(=O)c1c[nH]c2cc(-c3ccc(F)cc3)ccc12. The number of aromatic amines is 1. The molecule has 0 bridgehead atoms. The number of halogens is 1. The second-order valence-electron chi connectivity index (χ2n) is 4.79. The zero-order valence-electron chi connectivity index (χ0n) is 11.7. The molecule has 22 heavy (non-hydrogen) atoms. The number of carbonyl (C=O) groups is 2. The van der Waals surface area contributed by atoms with Gasteiger partial charge in [0.1, 0.15) is 5.82 Å². The summed E-state index contributed by atoms with van der Waals surface area (Å²) < 4.78 is 17.4. The van der Waals surface area contributed by atoms with E-state index in [1.165, 1.54) is 25.4 Å². The van der Waals surface area contributed by atoms with Crippen LogP contribution < -0.4 is 0 Å². The summed E-state index contributed by atoms with van der Waals surface area (Å²) >= 11 is 0. The lowest BCUT2D eigenvalue weighted by Gasteiger charge is -2.03. The molecule has 5 heteroatoms. The van der Waals surface area contributed by atoms with Crippen molar-refractivity contribution in [1.82, 2.24) is 4.98 Å². The van der Waals surface area contributed by atoms with E-state index in [1.807, 2.05) is 12.1 Å². The highest BCUT2D eigenvalue weighted by Crippen LogP contribution is 2.26. The average Bonchev–Trinajstić information content (AvgIpc) is 2.97. The molecule has 0 aliphatic carbocycles. The molecule has 0 aliphatic rings. The van der Waals surface area contributed by atoms with Crippen LogP contribution in [0.4, 0.5) is 4.39 Å². The van der Waals surface area contributed by atoms with Crippen molar-refractivity contribution in [3.63, 3.8) is 0 Å². The molecule has 110 valence electrons. The Bertz CT molecular complexity index is 865. The number of aromatic nitrogens is 1. The molecule has 0 atom stereocenters. The number of hydrogen-bond donors (Lipinski definition) is 1. The first-order valence-corrected chi connectivity index (χ1v) is 6.60. The molecular weight excluding hydrogens is 285 g/mol. The Morgan fingerprint density at radius 3 is 2.41 bits per heavy atom. The number of fused-ring (bicyclic) bond motifs is 1. The van der Waals surface area contributed by atoms with Crippen molar-refractivity contribution in [3.8, 4) is 11.1 Å². The third-order valence-electron chi connectivity index (χ3n) is 3.47. The second kappa shape index (κ2) is 5.44. The van der Waals surface area contributed by atoms with Gasteiger partial charge in [-0.3, -0.25) is 4.79 Å². The lowest BCUT2D eigenvalue weighted by Crippen LogP contribution is -2.15. The highest BCUT2D eigenvalue weighted by atomic mass is 19.1. The Hall–Kier alpha value is -2.95. The van der Waals surface area contributed by atoms with Gasteiger partial charge in [0.15, 0.2) is 0 Å². The fraction of sp³-hybridized carbons (Fsp3) is 0.0588. The topological polar surface area (TPSA) is 59.2 Å². The van der Waals surface area contributed by atoms with Crippen LogP contribution in [0.25, 0.3) is 22.0 Å². The summed E-state index contributed by atoms with van der Waals surface area (Å²) in [6.07, 6.45) is 1.48. The number of rotatable bonds is 3. The third-order valence-corrected chi connectivity index (χ3v) is 3.47. The highest BCUT2D eigenvalue weighted by Gasteiger charge is 2.20. The number of ether oxygens (including phenoxy) is 1. The van der Waals surface area contributed by atoms with Gasteiger partial charge in [0.2, 0.25) is 0 Å². The normalized spacial score (nSPS) is 10.6. The monoisotopic (exact) mass is 297 g/mol. The van der Waals surface area contributed by atoms with Crippen molar-refractivity contribution < 1.29 is 18.7 Å². The molecule has 0 saturated carbocycles.